The number of hydrogen-bond donors (Lipinski definition) is 2. The molecule has 0 radical (unpaired) electrons. The zero-order chi connectivity index (χ0) is 30.6. The Morgan fingerprint density at radius 1 is 1.14 bits per heavy atom. The van der Waals surface area contributed by atoms with Gasteiger partial charge < -0.3 is 38.8 Å². The van der Waals surface area contributed by atoms with Gasteiger partial charge in [-0.2, -0.15) is 0 Å². The van der Waals surface area contributed by atoms with Crippen molar-refractivity contribution in [2.24, 2.45) is 5.92 Å². The third-order valence-corrected chi connectivity index (χ3v) is 8.48. The molecule has 11 nitrogen and oxygen atoms in total. The Kier molecular flexibility index (Phi) is 14.0. The second kappa shape index (κ2) is 17.2. The van der Waals surface area contributed by atoms with Gasteiger partial charge in [0.05, 0.1) is 23.4 Å². The number of carbonyl (C=O) groups excluding carboxylic acids is 2. The van der Waals surface area contributed by atoms with Crippen molar-refractivity contribution in [3.63, 3.8) is 0 Å². The number of aryl methyl sites for hydroxylation is 1. The molecule has 3 rings (SSSR count). The predicted molar refractivity (Wildman–Crippen MR) is 162 cm³/mol. The maximum atomic E-state index is 13.9. The molecule has 236 valence electrons. The van der Waals surface area contributed by atoms with Gasteiger partial charge in [0.25, 0.3) is 0 Å². The number of benzene rings is 1. The fraction of sp³-hybridized carbons (Fsp3) is 0.700. The van der Waals surface area contributed by atoms with Gasteiger partial charge in [-0.05, 0) is 44.2 Å². The van der Waals surface area contributed by atoms with Gasteiger partial charge in [-0.15, -0.1) is 0 Å². The van der Waals surface area contributed by atoms with Crippen LogP contribution in [0.1, 0.15) is 40.0 Å². The van der Waals surface area contributed by atoms with E-state index in [9.17, 15) is 19.8 Å². The fourth-order valence-corrected chi connectivity index (χ4v) is 6.32. The van der Waals surface area contributed by atoms with Crippen LogP contribution >= 0.6 is 11.8 Å². The maximum absolute atomic E-state index is 13.9. The topological polar surface area (TPSA) is 127 Å². The van der Waals surface area contributed by atoms with E-state index < -0.39 is 18.3 Å². The van der Waals surface area contributed by atoms with Crippen LogP contribution in [0.15, 0.2) is 29.4 Å². The Labute approximate surface area is 253 Å². The molecule has 0 unspecified atom stereocenters. The highest BCUT2D eigenvalue weighted by atomic mass is 32.2. The second-order valence-electron chi connectivity index (χ2n) is 11.1. The van der Waals surface area contributed by atoms with Crippen molar-refractivity contribution in [1.82, 2.24) is 19.4 Å². The van der Waals surface area contributed by atoms with Crippen LogP contribution in [0.4, 0.5) is 0 Å². The first kappa shape index (κ1) is 34.3. The summed E-state index contributed by atoms with van der Waals surface area (Å²) >= 11 is 1.43. The zero-order valence-electron chi connectivity index (χ0n) is 25.6. The molecule has 0 spiro atoms. The highest BCUT2D eigenvalue weighted by Gasteiger charge is 2.33. The Balaban J connectivity index is 1.89. The number of thioether (sulfide) groups is 1. The molecule has 4 atom stereocenters. The van der Waals surface area contributed by atoms with E-state index in [1.54, 1.807) is 4.90 Å². The first-order valence-corrected chi connectivity index (χ1v) is 15.8. The molecule has 1 fully saturated rings. The van der Waals surface area contributed by atoms with Gasteiger partial charge in [0, 0.05) is 53.0 Å². The summed E-state index contributed by atoms with van der Waals surface area (Å²) in [6.45, 7) is 7.99. The lowest BCUT2D eigenvalue weighted by molar-refractivity contribution is -0.145. The third-order valence-electron chi connectivity index (χ3n) is 7.52. The van der Waals surface area contributed by atoms with Crippen molar-refractivity contribution in [3.05, 3.63) is 24.3 Å². The lowest BCUT2D eigenvalue weighted by Crippen LogP contribution is -2.54. The molecule has 12 heteroatoms. The van der Waals surface area contributed by atoms with Crippen LogP contribution in [-0.2, 0) is 30.3 Å². The van der Waals surface area contributed by atoms with E-state index in [1.165, 1.54) is 26.0 Å². The monoisotopic (exact) mass is 608 g/mol. The van der Waals surface area contributed by atoms with Crippen molar-refractivity contribution in [2.45, 2.75) is 76.1 Å². The standard InChI is InChI=1S/C30H48N4O7S/c1-6-33-24-12-8-7-11-23(24)31-30(33)42-20-28(37)34-13-9-10-14-41-18-25(35)29(38)26(40-5)17-32(27(36)19-39-4)16-22(34)15-21(2)3/h7-8,11-12,21-22,25-26,29,35,38H,6,9-10,13-20H2,1-5H3/t22-,25+,26+,29+/m0/s1. The number of hydrogen-bond acceptors (Lipinski definition) is 9. The van der Waals surface area contributed by atoms with E-state index in [2.05, 4.69) is 25.3 Å². The molecule has 42 heavy (non-hydrogen) atoms. The summed E-state index contributed by atoms with van der Waals surface area (Å²) in [5.74, 6) is 0.170. The summed E-state index contributed by atoms with van der Waals surface area (Å²) in [5.41, 5.74) is 1.94. The molecule has 1 aliphatic heterocycles. The zero-order valence-corrected chi connectivity index (χ0v) is 26.4. The van der Waals surface area contributed by atoms with Gasteiger partial charge in [0.2, 0.25) is 11.8 Å². The van der Waals surface area contributed by atoms with Crippen LogP contribution < -0.4 is 0 Å². The molecule has 0 aliphatic carbocycles. The van der Waals surface area contributed by atoms with Gasteiger partial charge in [-0.25, -0.2) is 4.98 Å². The molecule has 2 amide bonds. The summed E-state index contributed by atoms with van der Waals surface area (Å²) in [6, 6.07) is 7.69. The molecule has 2 aromatic rings. The van der Waals surface area contributed by atoms with Gasteiger partial charge in [0.1, 0.15) is 24.9 Å². The van der Waals surface area contributed by atoms with E-state index in [4.69, 9.17) is 19.2 Å². The summed E-state index contributed by atoms with van der Waals surface area (Å²) in [5, 5.41) is 22.1. The number of nitrogens with zero attached hydrogens (tertiary/aromatic N) is 4. The minimum atomic E-state index is -1.26. The number of aliphatic hydroxyl groups excluding tert-OH is 2. The average Bonchev–Trinajstić information content (AvgIpc) is 3.33. The highest BCUT2D eigenvalue weighted by Crippen LogP contribution is 2.25. The summed E-state index contributed by atoms with van der Waals surface area (Å²) in [6.07, 6.45) is -1.21. The smallest absolute Gasteiger partial charge is 0.248 e. The maximum Gasteiger partial charge on any atom is 0.248 e. The van der Waals surface area contributed by atoms with E-state index >= 15 is 0 Å². The molecular weight excluding hydrogens is 560 g/mol. The number of rotatable bonds is 9. The van der Waals surface area contributed by atoms with Gasteiger partial charge >= 0.3 is 0 Å². The minimum Gasteiger partial charge on any atom is -0.388 e. The van der Waals surface area contributed by atoms with Gasteiger partial charge in [-0.3, -0.25) is 9.59 Å². The number of para-hydroxylation sites is 2. The van der Waals surface area contributed by atoms with Crippen molar-refractivity contribution >= 4 is 34.6 Å². The molecule has 1 aliphatic rings. The van der Waals surface area contributed by atoms with Crippen molar-refractivity contribution in [1.29, 1.82) is 0 Å². The van der Waals surface area contributed by atoms with Gasteiger partial charge in [0.15, 0.2) is 5.16 Å². The third kappa shape index (κ3) is 9.39. The van der Waals surface area contributed by atoms with Crippen LogP contribution in [0.3, 0.4) is 0 Å². The quantitative estimate of drug-likeness (QED) is 0.413. The lowest BCUT2D eigenvalue weighted by Gasteiger charge is -2.38. The summed E-state index contributed by atoms with van der Waals surface area (Å²) < 4.78 is 18.4. The number of aromatic nitrogens is 2. The molecular formula is C30H48N4O7S. The molecule has 1 aromatic carbocycles. The molecule has 0 bridgehead atoms. The Hall–Kier alpha value is -2.22. The van der Waals surface area contributed by atoms with Gasteiger partial charge in [-0.1, -0.05) is 37.7 Å². The Morgan fingerprint density at radius 2 is 1.90 bits per heavy atom. The number of aliphatic hydroxyl groups is 2. The SMILES string of the molecule is CCn1c(SCC(=O)N2CCCCOC[C@@H](O)[C@@H](O)[C@H](OC)CN(C(=O)COC)C[C@@H]2CC(C)C)nc2ccccc21. The van der Waals surface area contributed by atoms with Crippen LogP contribution in [0.5, 0.6) is 0 Å². The predicted octanol–water partition coefficient (Wildman–Crippen LogP) is 2.41. The molecule has 2 heterocycles. The number of fused-ring (bicyclic) bond motifs is 1. The van der Waals surface area contributed by atoms with E-state index in [0.717, 1.165) is 22.7 Å². The fourth-order valence-electron chi connectivity index (χ4n) is 5.36. The lowest BCUT2D eigenvalue weighted by atomic mass is 10.00. The first-order valence-electron chi connectivity index (χ1n) is 14.8. The largest absolute Gasteiger partial charge is 0.388 e. The molecule has 1 saturated heterocycles. The Morgan fingerprint density at radius 3 is 2.60 bits per heavy atom. The average molecular weight is 609 g/mol. The minimum absolute atomic E-state index is 0.0220. The Bertz CT molecular complexity index is 1130. The summed E-state index contributed by atoms with van der Waals surface area (Å²) in [4.78, 5) is 35.4. The highest BCUT2D eigenvalue weighted by molar-refractivity contribution is 7.99. The van der Waals surface area contributed by atoms with Crippen molar-refractivity contribution in [3.8, 4) is 0 Å². The van der Waals surface area contributed by atoms with E-state index in [1.807, 2.05) is 29.2 Å². The van der Waals surface area contributed by atoms with Crippen molar-refractivity contribution < 1.29 is 34.0 Å². The van der Waals surface area contributed by atoms with Crippen molar-refractivity contribution in [2.75, 3.05) is 59.4 Å². The first-order chi connectivity index (χ1) is 20.2. The van der Waals surface area contributed by atoms with Crippen LogP contribution in [-0.4, -0.2) is 125 Å². The van der Waals surface area contributed by atoms with Crippen LogP contribution in [0.2, 0.25) is 0 Å². The molecule has 2 N–H and O–H groups in total. The molecule has 1 aromatic heterocycles. The van der Waals surface area contributed by atoms with Crippen LogP contribution in [0.25, 0.3) is 11.0 Å². The normalized spacial score (nSPS) is 23.3. The second-order valence-corrected chi connectivity index (χ2v) is 12.1. The number of carbonyl (C=O) groups is 2. The number of ether oxygens (including phenoxy) is 3. The van der Waals surface area contributed by atoms with E-state index in [0.29, 0.717) is 32.4 Å². The summed E-state index contributed by atoms with van der Waals surface area (Å²) in [7, 11) is 2.89. The number of amides is 2. The number of methoxy groups -OCH3 is 2. The number of imidazole rings is 1. The van der Waals surface area contributed by atoms with Crippen LogP contribution in [0, 0.1) is 5.92 Å². The van der Waals surface area contributed by atoms with E-state index in [-0.39, 0.29) is 55.8 Å². The molecule has 0 saturated carbocycles.